The fourth-order valence-corrected chi connectivity index (χ4v) is 14.2. The van der Waals surface area contributed by atoms with Crippen LogP contribution in [0.3, 0.4) is 0 Å². The summed E-state index contributed by atoms with van der Waals surface area (Å²) in [6.07, 6.45) is 14.5. The second-order valence-electron chi connectivity index (χ2n) is 28.9. The molecule has 118 heavy (non-hydrogen) atoms. The van der Waals surface area contributed by atoms with Gasteiger partial charge in [-0.25, -0.2) is 14.4 Å². The van der Waals surface area contributed by atoms with Crippen molar-refractivity contribution in [3.05, 3.63) is 29.8 Å². The molecular weight excluding hydrogens is 1610 g/mol. The van der Waals surface area contributed by atoms with Crippen LogP contribution in [0.25, 0.3) is 0 Å². The number of likely N-dealkylation sites (tertiary alicyclic amines) is 3. The van der Waals surface area contributed by atoms with Crippen LogP contribution in [0, 0.1) is 17.8 Å². The number of hydrogen-bond acceptors (Lipinski definition) is 25. The molecular formula is C78H128N16O20S4. The number of carbonyl (C=O) groups excluding carboxylic acids is 19. The number of nitrogens with one attached hydrogen (secondary N) is 10. The van der Waals surface area contributed by atoms with Gasteiger partial charge in [-0.05, 0) is 151 Å². The molecule has 6 unspecified atom stereocenters. The Balaban J connectivity index is 0.000000867. The Kier molecular flexibility index (Phi) is 51.2. The van der Waals surface area contributed by atoms with Crippen LogP contribution in [0.1, 0.15) is 201 Å². The first kappa shape index (κ1) is 99.7. The summed E-state index contributed by atoms with van der Waals surface area (Å²) in [7, 11) is 0. The number of hydrogen-bond donors (Lipinski definition) is 13. The lowest BCUT2D eigenvalue weighted by atomic mass is 10.0. The number of amides is 18. The molecule has 3 heterocycles. The Morgan fingerprint density at radius 1 is 0.483 bits per heavy atom. The Bertz CT molecular complexity index is 3620. The molecule has 0 radical (unpaired) electrons. The Morgan fingerprint density at radius 2 is 0.839 bits per heavy atom. The standard InChI is InChI=1S/C30H44N6O8S.C23H39N5O6S.C14H28N4O3S.C11H17NO3S/c1-19(2)26(35-24(38)9-5-4-6-15-36-25(39)16-23(45-3)29(36)42)28(41)34-22(8-7-14-32-30(31)43)27(40)33-21-12-10-20(11-13-21)17-44-18-37;1-14(2)20(21(32)26-16(15(3)29)9-8-11-25-23(24)34)27-18(30)10-6-5-7-12-28-19(31)13-17(35-4)22(28)33;1-9(2)12(17-8-22-4)13(20)18-11(10(3)19)6-5-7-16-14(15)21;1-16-9-8-10(14)12(11(9)15)6-4-2-3-5-7-13/h10-13,18-19,22-23,26H,4-9,14-17H2,1-3H3,(H,33,40)(H,34,41)(H,35,38)(H3,31,32,43);14,16-17,20H,5-13H2,1-4H3,(H,26,32)(H,27,30)(H3,24,25,34);9,11-12,17H,5-8H2,1-4H3,(H,18,20)(H3,15,16,21);7,9H,2-6,8H2,1H3/t22-,23?,26?;16-,17?,20?;11-,12?;/m000./s1/i18D;2*3D;7D. The molecule has 1 aromatic carbocycles. The number of nitrogens with two attached hydrogens (primary N) is 3. The number of urea groups is 3. The van der Waals surface area contributed by atoms with Crippen LogP contribution in [0.4, 0.5) is 20.1 Å². The average molecular weight is 1740 g/mol. The molecule has 1 aromatic rings. The summed E-state index contributed by atoms with van der Waals surface area (Å²) < 4.78 is 32.8. The second-order valence-corrected chi connectivity index (χ2v) is 32.9. The highest BCUT2D eigenvalue weighted by Gasteiger charge is 2.40. The van der Waals surface area contributed by atoms with E-state index in [0.717, 1.165) is 6.42 Å². The molecule has 0 aliphatic carbocycles. The van der Waals surface area contributed by atoms with Crippen LogP contribution < -0.4 is 70.4 Å². The number of unbranched alkanes of at least 4 members (excludes halogenated alkanes) is 6. The highest BCUT2D eigenvalue weighted by atomic mass is 32.2. The first-order valence-electron chi connectivity index (χ1n) is 41.7. The van der Waals surface area contributed by atoms with Gasteiger partial charge in [-0.2, -0.15) is 35.3 Å². The Labute approximate surface area is 715 Å². The van der Waals surface area contributed by atoms with E-state index in [-0.39, 0.29) is 157 Å². The molecule has 4 rings (SSSR count). The molecule has 18 amide bonds. The van der Waals surface area contributed by atoms with E-state index in [1.807, 2.05) is 26.4 Å². The summed E-state index contributed by atoms with van der Waals surface area (Å²) in [5.41, 5.74) is 16.1. The highest BCUT2D eigenvalue weighted by Crippen LogP contribution is 2.27. The fraction of sp³-hybridized carbons (Fsp3) is 0.679. The van der Waals surface area contributed by atoms with Crippen LogP contribution in [0.15, 0.2) is 24.3 Å². The third kappa shape index (κ3) is 43.2. The quantitative estimate of drug-likeness (QED) is 0.0191. The lowest BCUT2D eigenvalue weighted by Gasteiger charge is -2.25. The van der Waals surface area contributed by atoms with E-state index in [0.29, 0.717) is 127 Å². The van der Waals surface area contributed by atoms with Crippen LogP contribution >= 0.6 is 47.0 Å². The monoisotopic (exact) mass is 1740 g/mol. The number of ether oxygens (including phenoxy) is 1. The minimum absolute atomic E-state index is 0.0745. The number of benzene rings is 1. The van der Waals surface area contributed by atoms with Crippen LogP contribution in [0.5, 0.6) is 0 Å². The molecule has 3 aliphatic rings. The van der Waals surface area contributed by atoms with Crippen molar-refractivity contribution in [3.8, 4) is 0 Å². The zero-order chi connectivity index (χ0) is 92.1. The number of aldehydes is 1. The summed E-state index contributed by atoms with van der Waals surface area (Å²) in [6.45, 7) is 11.8. The maximum absolute atomic E-state index is 13.3. The van der Waals surface area contributed by atoms with Crippen LogP contribution in [0.2, 0.25) is 0 Å². The van der Waals surface area contributed by atoms with Crippen molar-refractivity contribution in [2.24, 2.45) is 35.0 Å². The number of anilines is 1. The van der Waals surface area contributed by atoms with Gasteiger partial charge in [-0.3, -0.25) is 91.9 Å². The number of ketones is 2. The number of carbonyl (C=O) groups is 19. The lowest BCUT2D eigenvalue weighted by molar-refractivity contribution is -0.139. The largest absolute Gasteiger partial charge is 0.463 e. The first-order valence-corrected chi connectivity index (χ1v) is 44.6. The second kappa shape index (κ2) is 60.6. The lowest BCUT2D eigenvalue weighted by Crippen LogP contribution is -2.54. The van der Waals surface area contributed by atoms with Gasteiger partial charge in [-0.1, -0.05) is 72.9 Å². The van der Waals surface area contributed by atoms with E-state index in [1.165, 1.54) is 50.0 Å². The van der Waals surface area contributed by atoms with Crippen molar-refractivity contribution in [2.75, 3.05) is 75.5 Å². The molecule has 664 valence electrons. The van der Waals surface area contributed by atoms with Crippen molar-refractivity contribution in [2.45, 2.75) is 249 Å². The number of Topliss-reactive ketones (excluding diaryl/α,β-unsaturated/α-hetero) is 2. The first-order chi connectivity index (χ1) is 57.7. The summed E-state index contributed by atoms with van der Waals surface area (Å²) in [5.74, 6) is -3.94. The number of thioether (sulfide) groups is 4. The Hall–Kier alpha value is -8.89. The Morgan fingerprint density at radius 3 is 1.16 bits per heavy atom. The molecule has 0 saturated carbocycles. The van der Waals surface area contributed by atoms with Gasteiger partial charge >= 0.3 is 18.1 Å². The normalized spacial score (nSPS) is 16.9. The van der Waals surface area contributed by atoms with Gasteiger partial charge in [0.1, 0.15) is 32.4 Å². The molecule has 3 saturated heterocycles. The fourth-order valence-electron chi connectivity index (χ4n) is 11.9. The van der Waals surface area contributed by atoms with Crippen molar-refractivity contribution < 1.29 is 101 Å². The van der Waals surface area contributed by atoms with Gasteiger partial charge in [0.2, 0.25) is 70.9 Å². The average Bonchev–Trinajstić information content (AvgIpc) is 1.69. The molecule has 3 aliphatic heterocycles. The van der Waals surface area contributed by atoms with Gasteiger partial charge < -0.3 is 74.6 Å². The van der Waals surface area contributed by atoms with Crippen LogP contribution in [-0.2, 0) is 88.1 Å². The van der Waals surface area contributed by atoms with Gasteiger partial charge in [0.25, 0.3) is 6.45 Å². The minimum atomic E-state index is -1.16. The summed E-state index contributed by atoms with van der Waals surface area (Å²) in [5, 5.41) is 25.8. The molecule has 0 aromatic heterocycles. The van der Waals surface area contributed by atoms with E-state index < -0.39 is 104 Å². The van der Waals surface area contributed by atoms with Crippen molar-refractivity contribution >= 4 is 166 Å². The predicted octanol–water partition coefficient (Wildman–Crippen LogP) is 3.80. The third-order valence-corrected chi connectivity index (χ3v) is 21.9. The molecule has 0 spiro atoms. The van der Waals surface area contributed by atoms with E-state index in [2.05, 4.69) is 57.9 Å². The topological polar surface area (TPSA) is 542 Å². The van der Waals surface area contributed by atoms with E-state index in [9.17, 15) is 91.1 Å². The van der Waals surface area contributed by atoms with Gasteiger partial charge in [0.05, 0.1) is 33.9 Å². The number of rotatable bonds is 53. The van der Waals surface area contributed by atoms with Crippen molar-refractivity contribution in [1.29, 1.82) is 0 Å². The summed E-state index contributed by atoms with van der Waals surface area (Å²) in [4.78, 5) is 230. The zero-order valence-electron chi connectivity index (χ0n) is 73.5. The third-order valence-electron chi connectivity index (χ3n) is 18.6. The highest BCUT2D eigenvalue weighted by molar-refractivity contribution is 8.00. The predicted molar refractivity (Wildman–Crippen MR) is 455 cm³/mol. The van der Waals surface area contributed by atoms with Crippen LogP contribution in [-0.4, -0.2) is 250 Å². The molecule has 3 fully saturated rings. The summed E-state index contributed by atoms with van der Waals surface area (Å²) in [6, 6.07) is -0.445. The van der Waals surface area contributed by atoms with Gasteiger partial charge in [0, 0.05) is 92.1 Å². The number of nitrogens with zero attached hydrogens (tertiary/aromatic N) is 3. The zero-order valence-corrected chi connectivity index (χ0v) is 72.8. The maximum atomic E-state index is 13.3. The minimum Gasteiger partial charge on any atom is -0.463 e. The van der Waals surface area contributed by atoms with E-state index in [1.54, 1.807) is 76.2 Å². The number of primary amides is 3. The maximum Gasteiger partial charge on any atom is 0.312 e. The molecule has 16 N–H and O–H groups in total. The SMILES string of the molecule is [2H]C(=O)CCCCCN1C(=O)CC(SC)C1=O.[2H]C(=O)OCc1ccc(NC(=O)[C@H](CCCNC(N)=O)NC(=O)C(NC(=O)CCCCCN2C(=O)CC(SC)C2=O)C(C)C)cc1.[2H]CC(=O)[C@H](CCCNC(N)=O)NC(=O)C(NC(=O)CCCCCN1C(=O)CC(SC)C1=O)C(C)C.[2H]CC(=O)[C@H](CCCNC(N)=O)NC(=O)C(NCSC)C(C)C. The van der Waals surface area contributed by atoms with Crippen molar-refractivity contribution in [1.82, 2.24) is 62.6 Å². The smallest absolute Gasteiger partial charge is 0.312 e. The molecule has 0 bridgehead atoms. The van der Waals surface area contributed by atoms with Gasteiger partial charge in [-0.15, -0.1) is 11.8 Å². The van der Waals surface area contributed by atoms with E-state index >= 15 is 0 Å². The van der Waals surface area contributed by atoms with E-state index in [4.69, 9.17) is 22.7 Å². The number of imide groups is 3. The summed E-state index contributed by atoms with van der Waals surface area (Å²) >= 11 is 5.72. The molecule has 9 atom stereocenters. The van der Waals surface area contributed by atoms with Crippen molar-refractivity contribution in [3.63, 3.8) is 0 Å². The molecule has 36 nitrogen and oxygen atoms in total. The molecule has 40 heteroatoms. The van der Waals surface area contributed by atoms with Gasteiger partial charge in [0.15, 0.2) is 12.9 Å².